The predicted octanol–water partition coefficient (Wildman–Crippen LogP) is 2.61. The molecule has 3 aromatic rings. The van der Waals surface area contributed by atoms with Crippen molar-refractivity contribution in [3.63, 3.8) is 0 Å². The number of halogens is 1. The molecule has 0 saturated heterocycles. The Morgan fingerprint density at radius 3 is 2.50 bits per heavy atom. The molecule has 3 N–H and O–H groups in total. The number of methoxy groups -OCH3 is 1. The van der Waals surface area contributed by atoms with Crippen LogP contribution in [0.3, 0.4) is 0 Å². The van der Waals surface area contributed by atoms with Crippen LogP contribution >= 0.6 is 0 Å². The first-order valence-corrected chi connectivity index (χ1v) is 10.6. The van der Waals surface area contributed by atoms with Gasteiger partial charge in [0.15, 0.2) is 11.6 Å². The second kappa shape index (κ2) is 7.63. The monoisotopic (exact) mass is 431 g/mol. The van der Waals surface area contributed by atoms with E-state index < -0.39 is 26.7 Å². The van der Waals surface area contributed by atoms with E-state index in [0.717, 1.165) is 10.0 Å². The van der Waals surface area contributed by atoms with Crippen molar-refractivity contribution >= 4 is 27.0 Å². The normalized spacial score (nSPS) is 13.9. The zero-order valence-electron chi connectivity index (χ0n) is 16.8. The Balaban J connectivity index is 2.27. The zero-order valence-corrected chi connectivity index (χ0v) is 17.6. The van der Waals surface area contributed by atoms with Crippen molar-refractivity contribution in [2.45, 2.75) is 31.1 Å². The second-order valence-corrected chi connectivity index (χ2v) is 9.46. The summed E-state index contributed by atoms with van der Waals surface area (Å²) in [5.74, 6) is 1.57. The molecule has 1 heterocycles. The highest BCUT2D eigenvalue weighted by Gasteiger charge is 2.33. The van der Waals surface area contributed by atoms with Gasteiger partial charge < -0.3 is 15.6 Å². The minimum Gasteiger partial charge on any atom is -0.494 e. The Morgan fingerprint density at radius 2 is 1.93 bits per heavy atom. The fraction of sp³-hybridized carbons (Fsp3) is 0.286. The molecule has 0 bridgehead atoms. The number of hydrogen-bond donors (Lipinski definition) is 2. The molecular weight excluding hydrogens is 409 g/mol. The number of hydrogen-bond acceptors (Lipinski definition) is 6. The number of nitrogen functional groups attached to an aromatic ring is 1. The molecule has 9 heteroatoms. The van der Waals surface area contributed by atoms with Gasteiger partial charge in [0, 0.05) is 6.42 Å². The molecule has 0 radical (unpaired) electrons. The topological polar surface area (TPSA) is 107 Å². The van der Waals surface area contributed by atoms with E-state index in [1.807, 2.05) is 0 Å². The van der Waals surface area contributed by atoms with E-state index in [9.17, 15) is 17.9 Å². The number of anilines is 1. The highest BCUT2D eigenvalue weighted by Crippen LogP contribution is 2.37. The average Bonchev–Trinajstić information content (AvgIpc) is 3.03. The maximum absolute atomic E-state index is 14.3. The highest BCUT2D eigenvalue weighted by molar-refractivity contribution is 7.90. The molecule has 1 unspecified atom stereocenters. The molecule has 0 spiro atoms. The van der Waals surface area contributed by atoms with Gasteiger partial charge in [0.1, 0.15) is 5.60 Å². The van der Waals surface area contributed by atoms with Crippen molar-refractivity contribution in [1.82, 2.24) is 8.96 Å². The Morgan fingerprint density at radius 1 is 1.30 bits per heavy atom. The molecular formula is C21H22FN3O4S. The molecule has 7 nitrogen and oxygen atoms in total. The number of rotatable bonds is 6. The van der Waals surface area contributed by atoms with Crippen LogP contribution in [0.4, 0.5) is 10.3 Å². The van der Waals surface area contributed by atoms with Crippen LogP contribution in [0.25, 0.3) is 11.0 Å². The molecule has 0 aliphatic carbocycles. The summed E-state index contributed by atoms with van der Waals surface area (Å²) in [4.78, 5) is 4.10. The largest absolute Gasteiger partial charge is 0.494 e. The lowest BCUT2D eigenvalue weighted by Crippen LogP contribution is -2.27. The van der Waals surface area contributed by atoms with E-state index in [1.165, 1.54) is 45.2 Å². The number of imidazole rings is 1. The quantitative estimate of drug-likeness (QED) is 0.581. The number of aliphatic hydroxyl groups is 1. The molecule has 3 rings (SSSR count). The van der Waals surface area contributed by atoms with Gasteiger partial charge in [-0.1, -0.05) is 12.1 Å². The lowest BCUT2D eigenvalue weighted by Gasteiger charge is -2.28. The zero-order chi connectivity index (χ0) is 22.3. The van der Waals surface area contributed by atoms with E-state index in [2.05, 4.69) is 10.9 Å². The number of fused-ring (bicyclic) bond motifs is 1. The summed E-state index contributed by atoms with van der Waals surface area (Å²) in [7, 11) is -2.48. The molecule has 1 aromatic heterocycles. The van der Waals surface area contributed by atoms with Crippen LogP contribution in [0, 0.1) is 18.2 Å². The Hall–Kier alpha value is -3.09. The van der Waals surface area contributed by atoms with Crippen LogP contribution in [0.2, 0.25) is 0 Å². The average molecular weight is 431 g/mol. The third-order valence-electron chi connectivity index (χ3n) is 4.95. The Kier molecular flexibility index (Phi) is 5.50. The lowest BCUT2D eigenvalue weighted by atomic mass is 9.83. The first-order chi connectivity index (χ1) is 14.1. The first kappa shape index (κ1) is 21.6. The summed E-state index contributed by atoms with van der Waals surface area (Å²) in [6.07, 6.45) is 5.30. The van der Waals surface area contributed by atoms with Crippen LogP contribution in [0.5, 0.6) is 5.75 Å². The van der Waals surface area contributed by atoms with Gasteiger partial charge in [-0.2, -0.15) is 0 Å². The van der Waals surface area contributed by atoms with Crippen molar-refractivity contribution in [2.75, 3.05) is 12.8 Å². The van der Waals surface area contributed by atoms with Crippen LogP contribution < -0.4 is 10.5 Å². The smallest absolute Gasteiger partial charge is 0.244 e. The van der Waals surface area contributed by atoms with Crippen molar-refractivity contribution in [2.24, 2.45) is 0 Å². The van der Waals surface area contributed by atoms with E-state index in [0.29, 0.717) is 5.52 Å². The molecule has 1 atom stereocenters. The maximum Gasteiger partial charge on any atom is 0.244 e. The number of nitrogens with zero attached hydrogens (tertiary/aromatic N) is 2. The Bertz CT molecular complexity index is 1260. The number of terminal acetylenes is 1. The van der Waals surface area contributed by atoms with Crippen molar-refractivity contribution in [3.8, 4) is 18.1 Å². The predicted molar refractivity (Wildman–Crippen MR) is 113 cm³/mol. The molecule has 30 heavy (non-hydrogen) atoms. The SMILES string of the molecule is C#CCC(O)(c1ccc(OC)c(F)c1)c1ccc2nc(N)n(S(=O)(=O)C(C)C)c2c1. The third-order valence-corrected chi connectivity index (χ3v) is 7.04. The van der Waals surface area contributed by atoms with Gasteiger partial charge in [-0.05, 0) is 49.2 Å². The van der Waals surface area contributed by atoms with E-state index in [-0.39, 0.29) is 34.8 Å². The van der Waals surface area contributed by atoms with Crippen LogP contribution in [0.1, 0.15) is 31.4 Å². The van der Waals surface area contributed by atoms with E-state index in [1.54, 1.807) is 6.07 Å². The van der Waals surface area contributed by atoms with Crippen molar-refractivity contribution in [1.29, 1.82) is 0 Å². The van der Waals surface area contributed by atoms with Crippen LogP contribution in [-0.4, -0.2) is 34.8 Å². The molecule has 158 valence electrons. The van der Waals surface area contributed by atoms with Gasteiger partial charge in [0.25, 0.3) is 0 Å². The third kappa shape index (κ3) is 3.38. The molecule has 0 saturated carbocycles. The van der Waals surface area contributed by atoms with Crippen molar-refractivity contribution in [3.05, 3.63) is 53.3 Å². The summed E-state index contributed by atoms with van der Waals surface area (Å²) < 4.78 is 45.7. The van der Waals surface area contributed by atoms with Gasteiger partial charge >= 0.3 is 0 Å². The van der Waals surface area contributed by atoms with Gasteiger partial charge in [0.2, 0.25) is 16.0 Å². The van der Waals surface area contributed by atoms with Crippen LogP contribution in [-0.2, 0) is 15.6 Å². The van der Waals surface area contributed by atoms with Gasteiger partial charge in [-0.25, -0.2) is 21.8 Å². The maximum atomic E-state index is 14.3. The number of benzene rings is 2. The molecule has 0 aliphatic heterocycles. The summed E-state index contributed by atoms with van der Waals surface area (Å²) in [5.41, 5.74) is 5.10. The minimum absolute atomic E-state index is 0.0196. The molecule has 0 aliphatic rings. The van der Waals surface area contributed by atoms with Crippen LogP contribution in [0.15, 0.2) is 36.4 Å². The lowest BCUT2D eigenvalue weighted by molar-refractivity contribution is 0.0862. The van der Waals surface area contributed by atoms with E-state index in [4.69, 9.17) is 16.9 Å². The summed E-state index contributed by atoms with van der Waals surface area (Å²) in [6, 6.07) is 8.57. The number of aromatic nitrogens is 2. The fourth-order valence-corrected chi connectivity index (χ4v) is 4.39. The van der Waals surface area contributed by atoms with Gasteiger partial charge in [-0.3, -0.25) is 0 Å². The fourth-order valence-electron chi connectivity index (χ4n) is 3.25. The summed E-state index contributed by atoms with van der Waals surface area (Å²) in [5, 5.41) is 10.7. The first-order valence-electron chi connectivity index (χ1n) is 9.09. The molecule has 2 aromatic carbocycles. The standard InChI is InChI=1S/C21H22FN3O4S/c1-5-10-21(26,14-7-9-19(29-4)16(22)11-14)15-6-8-17-18(12-15)25(20(23)24-17)30(27,28)13(2)3/h1,6-9,11-13,26H,10H2,2-4H3,(H2,23,24). The van der Waals surface area contributed by atoms with Gasteiger partial charge in [0.05, 0.1) is 23.4 Å². The Labute approximate surface area is 174 Å². The highest BCUT2D eigenvalue weighted by atomic mass is 32.2. The number of ether oxygens (including phenoxy) is 1. The summed E-state index contributed by atoms with van der Waals surface area (Å²) >= 11 is 0. The van der Waals surface area contributed by atoms with Crippen molar-refractivity contribution < 1.29 is 22.7 Å². The van der Waals surface area contributed by atoms with Gasteiger partial charge in [-0.15, -0.1) is 12.3 Å². The summed E-state index contributed by atoms with van der Waals surface area (Å²) in [6.45, 7) is 3.05. The molecule has 0 fully saturated rings. The van der Waals surface area contributed by atoms with E-state index >= 15 is 0 Å². The number of nitrogens with two attached hydrogens (primary N) is 1. The minimum atomic E-state index is -3.82. The second-order valence-electron chi connectivity index (χ2n) is 7.12. The molecule has 0 amide bonds.